The van der Waals surface area contributed by atoms with Gasteiger partial charge in [0.15, 0.2) is 0 Å². The SMILES string of the molecule is CCCC(CNC(=O)NCc1cccc(C)c1)C(=O)O. The molecular weight excluding hydrogens is 256 g/mol. The van der Waals surface area contributed by atoms with Crippen LogP contribution < -0.4 is 10.6 Å². The first-order chi connectivity index (χ1) is 9.52. The standard InChI is InChI=1S/C15H22N2O3/c1-3-5-13(14(18)19)10-17-15(20)16-9-12-7-4-6-11(2)8-12/h4,6-8,13H,3,5,9-10H2,1-2H3,(H,18,19)(H2,16,17,20). The Bertz CT molecular complexity index is 460. The first-order valence-corrected chi connectivity index (χ1v) is 6.83. The molecular formula is C15H22N2O3. The summed E-state index contributed by atoms with van der Waals surface area (Å²) >= 11 is 0. The van der Waals surface area contributed by atoms with Crippen LogP contribution in [0.2, 0.25) is 0 Å². The van der Waals surface area contributed by atoms with E-state index in [2.05, 4.69) is 10.6 Å². The van der Waals surface area contributed by atoms with Gasteiger partial charge in [0.05, 0.1) is 5.92 Å². The number of aryl methyl sites for hydroxylation is 1. The number of aliphatic carboxylic acids is 1. The number of carbonyl (C=O) groups is 2. The number of nitrogens with one attached hydrogen (secondary N) is 2. The number of carbonyl (C=O) groups excluding carboxylic acids is 1. The summed E-state index contributed by atoms with van der Waals surface area (Å²) in [6.07, 6.45) is 1.34. The van der Waals surface area contributed by atoms with Gasteiger partial charge in [-0.1, -0.05) is 43.2 Å². The van der Waals surface area contributed by atoms with Crippen molar-refractivity contribution in [3.8, 4) is 0 Å². The molecule has 0 bridgehead atoms. The fourth-order valence-electron chi connectivity index (χ4n) is 1.94. The van der Waals surface area contributed by atoms with E-state index < -0.39 is 11.9 Å². The van der Waals surface area contributed by atoms with E-state index in [1.165, 1.54) is 0 Å². The second kappa shape index (κ2) is 8.19. The lowest BCUT2D eigenvalue weighted by molar-refractivity contribution is -0.141. The Balaban J connectivity index is 2.34. The molecule has 0 aliphatic heterocycles. The molecule has 110 valence electrons. The number of hydrogen-bond donors (Lipinski definition) is 3. The minimum atomic E-state index is -0.870. The summed E-state index contributed by atoms with van der Waals surface area (Å²) in [5.41, 5.74) is 2.15. The molecule has 0 saturated carbocycles. The summed E-state index contributed by atoms with van der Waals surface area (Å²) in [6, 6.07) is 7.52. The fraction of sp³-hybridized carbons (Fsp3) is 0.467. The van der Waals surface area contributed by atoms with Crippen LogP contribution in [0.5, 0.6) is 0 Å². The second-order valence-electron chi connectivity index (χ2n) is 4.88. The largest absolute Gasteiger partial charge is 0.481 e. The average Bonchev–Trinajstić information content (AvgIpc) is 2.41. The van der Waals surface area contributed by atoms with Crippen LogP contribution in [0.1, 0.15) is 30.9 Å². The molecule has 20 heavy (non-hydrogen) atoms. The Morgan fingerprint density at radius 3 is 2.65 bits per heavy atom. The Hall–Kier alpha value is -2.04. The van der Waals surface area contributed by atoms with Gasteiger partial charge in [-0.3, -0.25) is 4.79 Å². The van der Waals surface area contributed by atoms with Crippen LogP contribution in [0.15, 0.2) is 24.3 Å². The van der Waals surface area contributed by atoms with Gasteiger partial charge in [0, 0.05) is 13.1 Å². The van der Waals surface area contributed by atoms with Crippen molar-refractivity contribution in [1.82, 2.24) is 10.6 Å². The third-order valence-electron chi connectivity index (χ3n) is 3.03. The quantitative estimate of drug-likeness (QED) is 0.716. The van der Waals surface area contributed by atoms with Crippen molar-refractivity contribution in [3.63, 3.8) is 0 Å². The van der Waals surface area contributed by atoms with E-state index in [1.54, 1.807) is 0 Å². The van der Waals surface area contributed by atoms with Crippen molar-refractivity contribution < 1.29 is 14.7 Å². The van der Waals surface area contributed by atoms with Crippen LogP contribution in [0.4, 0.5) is 4.79 Å². The Morgan fingerprint density at radius 1 is 1.30 bits per heavy atom. The molecule has 0 aromatic heterocycles. The van der Waals surface area contributed by atoms with Gasteiger partial charge in [0.25, 0.3) is 0 Å². The number of benzene rings is 1. The molecule has 5 nitrogen and oxygen atoms in total. The third-order valence-corrected chi connectivity index (χ3v) is 3.03. The summed E-state index contributed by atoms with van der Waals surface area (Å²) in [5, 5.41) is 14.3. The molecule has 0 radical (unpaired) electrons. The highest BCUT2D eigenvalue weighted by Gasteiger charge is 2.16. The van der Waals surface area contributed by atoms with Crippen LogP contribution in [0.25, 0.3) is 0 Å². The minimum absolute atomic E-state index is 0.156. The van der Waals surface area contributed by atoms with Gasteiger partial charge in [-0.25, -0.2) is 4.79 Å². The van der Waals surface area contributed by atoms with E-state index in [0.29, 0.717) is 13.0 Å². The van der Waals surface area contributed by atoms with E-state index in [4.69, 9.17) is 5.11 Å². The maximum absolute atomic E-state index is 11.6. The predicted molar refractivity (Wildman–Crippen MR) is 77.5 cm³/mol. The predicted octanol–water partition coefficient (Wildman–Crippen LogP) is 2.30. The molecule has 2 amide bonds. The van der Waals surface area contributed by atoms with E-state index in [0.717, 1.165) is 17.5 Å². The fourth-order valence-corrected chi connectivity index (χ4v) is 1.94. The number of carboxylic acid groups (broad SMARTS) is 1. The summed E-state index contributed by atoms with van der Waals surface area (Å²) in [4.78, 5) is 22.6. The smallest absolute Gasteiger partial charge is 0.315 e. The summed E-state index contributed by atoms with van der Waals surface area (Å²) in [7, 11) is 0. The number of urea groups is 1. The third kappa shape index (κ3) is 5.73. The van der Waals surface area contributed by atoms with Crippen LogP contribution >= 0.6 is 0 Å². The highest BCUT2D eigenvalue weighted by Crippen LogP contribution is 2.05. The monoisotopic (exact) mass is 278 g/mol. The van der Waals surface area contributed by atoms with Crippen molar-refractivity contribution in [2.75, 3.05) is 6.54 Å². The normalized spacial score (nSPS) is 11.7. The van der Waals surface area contributed by atoms with Gasteiger partial charge in [-0.2, -0.15) is 0 Å². The summed E-state index contributed by atoms with van der Waals surface area (Å²) < 4.78 is 0. The number of hydrogen-bond acceptors (Lipinski definition) is 2. The molecule has 1 aromatic rings. The zero-order chi connectivity index (χ0) is 15.0. The van der Waals surface area contributed by atoms with Crippen LogP contribution in [0, 0.1) is 12.8 Å². The topological polar surface area (TPSA) is 78.4 Å². The zero-order valence-corrected chi connectivity index (χ0v) is 12.0. The molecule has 0 spiro atoms. The molecule has 0 aliphatic rings. The molecule has 3 N–H and O–H groups in total. The average molecular weight is 278 g/mol. The highest BCUT2D eigenvalue weighted by molar-refractivity contribution is 5.75. The Labute approximate surface area is 119 Å². The van der Waals surface area contributed by atoms with Crippen molar-refractivity contribution >= 4 is 12.0 Å². The Morgan fingerprint density at radius 2 is 2.05 bits per heavy atom. The van der Waals surface area contributed by atoms with Crippen molar-refractivity contribution in [2.45, 2.75) is 33.2 Å². The first kappa shape index (κ1) is 16.0. The van der Waals surface area contributed by atoms with Crippen molar-refractivity contribution in [3.05, 3.63) is 35.4 Å². The highest BCUT2D eigenvalue weighted by atomic mass is 16.4. The first-order valence-electron chi connectivity index (χ1n) is 6.83. The van der Waals surface area contributed by atoms with Gasteiger partial charge in [-0.05, 0) is 18.9 Å². The summed E-state index contributed by atoms with van der Waals surface area (Å²) in [6.45, 7) is 4.50. The number of carboxylic acids is 1. The molecule has 0 heterocycles. The Kier molecular flexibility index (Phi) is 6.56. The second-order valence-corrected chi connectivity index (χ2v) is 4.88. The van der Waals surface area contributed by atoms with Crippen LogP contribution in [-0.2, 0) is 11.3 Å². The van der Waals surface area contributed by atoms with E-state index >= 15 is 0 Å². The lowest BCUT2D eigenvalue weighted by Gasteiger charge is -2.13. The van der Waals surface area contributed by atoms with Crippen LogP contribution in [-0.4, -0.2) is 23.7 Å². The number of rotatable bonds is 7. The molecule has 0 fully saturated rings. The molecule has 1 unspecified atom stereocenters. The van der Waals surface area contributed by atoms with Crippen LogP contribution in [0.3, 0.4) is 0 Å². The van der Waals surface area contributed by atoms with E-state index in [1.807, 2.05) is 38.1 Å². The molecule has 0 aliphatic carbocycles. The van der Waals surface area contributed by atoms with Crippen molar-refractivity contribution in [2.24, 2.45) is 5.92 Å². The molecule has 5 heteroatoms. The zero-order valence-electron chi connectivity index (χ0n) is 12.0. The van der Waals surface area contributed by atoms with Gasteiger partial charge >= 0.3 is 12.0 Å². The molecule has 0 saturated heterocycles. The lowest BCUT2D eigenvalue weighted by Crippen LogP contribution is -2.39. The maximum Gasteiger partial charge on any atom is 0.315 e. The van der Waals surface area contributed by atoms with E-state index in [-0.39, 0.29) is 12.6 Å². The van der Waals surface area contributed by atoms with Gasteiger partial charge in [0.2, 0.25) is 0 Å². The number of amides is 2. The van der Waals surface area contributed by atoms with Gasteiger partial charge < -0.3 is 15.7 Å². The van der Waals surface area contributed by atoms with Crippen molar-refractivity contribution in [1.29, 1.82) is 0 Å². The molecule has 1 aromatic carbocycles. The van der Waals surface area contributed by atoms with Gasteiger partial charge in [0.1, 0.15) is 0 Å². The lowest BCUT2D eigenvalue weighted by atomic mass is 10.0. The maximum atomic E-state index is 11.6. The minimum Gasteiger partial charge on any atom is -0.481 e. The van der Waals surface area contributed by atoms with Gasteiger partial charge in [-0.15, -0.1) is 0 Å². The summed E-state index contributed by atoms with van der Waals surface area (Å²) in [5.74, 6) is -1.39. The molecule has 1 rings (SSSR count). The molecule has 1 atom stereocenters. The van der Waals surface area contributed by atoms with E-state index in [9.17, 15) is 9.59 Å².